The van der Waals surface area contributed by atoms with E-state index in [0.717, 1.165) is 38.9 Å². The van der Waals surface area contributed by atoms with Gasteiger partial charge in [-0.15, -0.1) is 0 Å². The van der Waals surface area contributed by atoms with Gasteiger partial charge in [0.1, 0.15) is 11.6 Å². The molecule has 0 radical (unpaired) electrons. The third kappa shape index (κ3) is 5.60. The molecule has 0 spiro atoms. The van der Waals surface area contributed by atoms with E-state index in [1.165, 1.54) is 19.2 Å². The van der Waals surface area contributed by atoms with Crippen LogP contribution in [0.25, 0.3) is 5.69 Å². The molecule has 1 N–H and O–H groups in total. The van der Waals surface area contributed by atoms with Crippen molar-refractivity contribution < 1.29 is 17.6 Å². The summed E-state index contributed by atoms with van der Waals surface area (Å²) in [6.45, 7) is 6.01. The Morgan fingerprint density at radius 1 is 1.06 bits per heavy atom. The van der Waals surface area contributed by atoms with Gasteiger partial charge in [0.2, 0.25) is 15.9 Å². The minimum Gasteiger partial charge on any atom is -0.311 e. The van der Waals surface area contributed by atoms with E-state index in [9.17, 15) is 17.6 Å². The topological polar surface area (TPSA) is 84.3 Å². The second-order valence-electron chi connectivity index (χ2n) is 7.86. The van der Waals surface area contributed by atoms with Crippen molar-refractivity contribution in [3.8, 4) is 5.69 Å². The lowest BCUT2D eigenvalue weighted by atomic mass is 10.1. The smallest absolute Gasteiger partial charge is 0.242 e. The van der Waals surface area contributed by atoms with Crippen LogP contribution in [0, 0.1) is 26.6 Å². The molecule has 9 heteroatoms. The van der Waals surface area contributed by atoms with E-state index in [2.05, 4.69) is 16.5 Å². The number of sulfonamides is 1. The molecule has 7 nitrogen and oxygen atoms in total. The Labute approximate surface area is 187 Å². The quantitative estimate of drug-likeness (QED) is 0.554. The minimum atomic E-state index is -3.74. The molecule has 170 valence electrons. The monoisotopic (exact) mass is 458 g/mol. The summed E-state index contributed by atoms with van der Waals surface area (Å²) < 4.78 is 41.0. The zero-order valence-electron chi connectivity index (χ0n) is 18.6. The molecule has 0 saturated carbocycles. The summed E-state index contributed by atoms with van der Waals surface area (Å²) >= 11 is 0. The number of halogens is 1. The van der Waals surface area contributed by atoms with Gasteiger partial charge in [0.25, 0.3) is 0 Å². The number of anilines is 1. The van der Waals surface area contributed by atoms with Crippen molar-refractivity contribution in [2.75, 3.05) is 18.9 Å². The number of hydrogen-bond donors (Lipinski definition) is 1. The van der Waals surface area contributed by atoms with Gasteiger partial charge in [0, 0.05) is 26.1 Å². The molecule has 0 bridgehead atoms. The Balaban J connectivity index is 1.62. The molecule has 0 aliphatic carbocycles. The highest BCUT2D eigenvalue weighted by Gasteiger charge is 2.21. The van der Waals surface area contributed by atoms with Gasteiger partial charge in [-0.25, -0.2) is 21.8 Å². The van der Waals surface area contributed by atoms with Gasteiger partial charge in [-0.1, -0.05) is 6.07 Å². The Bertz CT molecular complexity index is 1200. The predicted octanol–water partition coefficient (Wildman–Crippen LogP) is 3.98. The molecule has 0 aliphatic rings. The fourth-order valence-electron chi connectivity index (χ4n) is 3.43. The lowest BCUT2D eigenvalue weighted by Crippen LogP contribution is -2.28. The van der Waals surface area contributed by atoms with Gasteiger partial charge >= 0.3 is 0 Å². The Hall–Kier alpha value is -3.04. The Kier molecular flexibility index (Phi) is 7.10. The Morgan fingerprint density at radius 3 is 2.31 bits per heavy atom. The first-order valence-corrected chi connectivity index (χ1v) is 11.7. The highest BCUT2D eigenvalue weighted by atomic mass is 32.2. The van der Waals surface area contributed by atoms with E-state index < -0.39 is 15.8 Å². The van der Waals surface area contributed by atoms with E-state index in [1.807, 2.05) is 32.9 Å². The molecule has 1 aromatic heterocycles. The molecule has 2 aromatic carbocycles. The van der Waals surface area contributed by atoms with Crippen LogP contribution in [0.2, 0.25) is 0 Å². The van der Waals surface area contributed by atoms with Crippen LogP contribution in [-0.2, 0) is 14.8 Å². The number of aryl methyl sites for hydroxylation is 3. The second kappa shape index (κ2) is 9.62. The first-order chi connectivity index (χ1) is 15.1. The van der Waals surface area contributed by atoms with Crippen LogP contribution in [0.15, 0.2) is 53.4 Å². The summed E-state index contributed by atoms with van der Waals surface area (Å²) in [7, 11) is -2.30. The lowest BCUT2D eigenvalue weighted by Gasteiger charge is -2.17. The van der Waals surface area contributed by atoms with E-state index in [4.69, 9.17) is 0 Å². The highest BCUT2D eigenvalue weighted by Crippen LogP contribution is 2.20. The van der Waals surface area contributed by atoms with Crippen molar-refractivity contribution in [2.45, 2.75) is 38.5 Å². The molecular weight excluding hydrogens is 431 g/mol. The molecule has 0 saturated heterocycles. The number of nitrogens with zero attached hydrogens (tertiary/aromatic N) is 3. The Morgan fingerprint density at radius 2 is 1.69 bits per heavy atom. The van der Waals surface area contributed by atoms with Crippen LogP contribution in [-0.4, -0.2) is 42.0 Å². The first-order valence-electron chi connectivity index (χ1n) is 10.2. The third-order valence-corrected chi connectivity index (χ3v) is 6.82. The molecule has 0 unspecified atom stereocenters. The number of hydrogen-bond acceptors (Lipinski definition) is 4. The van der Waals surface area contributed by atoms with E-state index in [1.54, 1.807) is 10.7 Å². The van der Waals surface area contributed by atoms with Crippen LogP contribution >= 0.6 is 0 Å². The normalized spacial score (nSPS) is 11.7. The number of amides is 1. The fourth-order valence-corrected chi connectivity index (χ4v) is 4.64. The standard InChI is InChI=1S/C23H27FN4O3S/c1-16-12-17(2)14-20(13-16)28-22(15-18(3)26-28)25-23(29)6-5-11-27(4)32(30,31)21-9-7-19(24)8-10-21/h7-10,12-15H,5-6,11H2,1-4H3,(H,25,29). The van der Waals surface area contributed by atoms with Crippen LogP contribution in [0.5, 0.6) is 0 Å². The first kappa shape index (κ1) is 23.6. The number of aromatic nitrogens is 2. The van der Waals surface area contributed by atoms with Gasteiger partial charge in [0.05, 0.1) is 16.3 Å². The van der Waals surface area contributed by atoms with Gasteiger partial charge in [-0.2, -0.15) is 5.10 Å². The maximum atomic E-state index is 13.1. The molecule has 0 aliphatic heterocycles. The summed E-state index contributed by atoms with van der Waals surface area (Å²) in [4.78, 5) is 12.5. The number of carbonyl (C=O) groups excluding carboxylic acids is 1. The van der Waals surface area contributed by atoms with Crippen molar-refractivity contribution in [1.82, 2.24) is 14.1 Å². The van der Waals surface area contributed by atoms with Crippen LogP contribution < -0.4 is 5.32 Å². The van der Waals surface area contributed by atoms with E-state index >= 15 is 0 Å². The zero-order valence-corrected chi connectivity index (χ0v) is 19.4. The van der Waals surface area contributed by atoms with Gasteiger partial charge in [0.15, 0.2) is 0 Å². The van der Waals surface area contributed by atoms with Gasteiger partial charge in [-0.05, 0) is 74.7 Å². The SMILES string of the molecule is Cc1cc(C)cc(-n2nc(C)cc2NC(=O)CCCN(C)S(=O)(=O)c2ccc(F)cc2)c1. The van der Waals surface area contributed by atoms with Crippen molar-refractivity contribution in [2.24, 2.45) is 0 Å². The predicted molar refractivity (Wildman–Crippen MR) is 122 cm³/mol. The maximum Gasteiger partial charge on any atom is 0.242 e. The molecule has 3 rings (SSSR count). The minimum absolute atomic E-state index is 0.0127. The average molecular weight is 459 g/mol. The second-order valence-corrected chi connectivity index (χ2v) is 9.91. The molecule has 0 atom stereocenters. The average Bonchev–Trinajstić information content (AvgIpc) is 3.07. The molecule has 0 fully saturated rings. The van der Waals surface area contributed by atoms with E-state index in [0.29, 0.717) is 12.2 Å². The van der Waals surface area contributed by atoms with E-state index in [-0.39, 0.29) is 23.8 Å². The molecule has 1 amide bonds. The van der Waals surface area contributed by atoms with Crippen molar-refractivity contribution in [1.29, 1.82) is 0 Å². The van der Waals surface area contributed by atoms with Crippen LogP contribution in [0.1, 0.15) is 29.7 Å². The summed E-state index contributed by atoms with van der Waals surface area (Å²) in [5, 5.41) is 7.36. The van der Waals surface area contributed by atoms with Crippen LogP contribution in [0.3, 0.4) is 0 Å². The molecule has 3 aromatic rings. The summed E-state index contributed by atoms with van der Waals surface area (Å²) in [5.41, 5.74) is 3.81. The summed E-state index contributed by atoms with van der Waals surface area (Å²) in [6.07, 6.45) is 0.472. The zero-order chi connectivity index (χ0) is 23.5. The number of benzene rings is 2. The largest absolute Gasteiger partial charge is 0.311 e. The number of rotatable bonds is 8. The molecule has 32 heavy (non-hydrogen) atoms. The van der Waals surface area contributed by atoms with Crippen molar-refractivity contribution >= 4 is 21.7 Å². The lowest BCUT2D eigenvalue weighted by molar-refractivity contribution is -0.116. The molecule has 1 heterocycles. The summed E-state index contributed by atoms with van der Waals surface area (Å²) in [6, 6.07) is 12.5. The summed E-state index contributed by atoms with van der Waals surface area (Å²) in [5.74, 6) is -0.175. The molecular formula is C23H27FN4O3S. The fraction of sp³-hybridized carbons (Fsp3) is 0.304. The number of nitrogens with one attached hydrogen (secondary N) is 1. The third-order valence-electron chi connectivity index (χ3n) is 4.95. The van der Waals surface area contributed by atoms with Crippen LogP contribution in [0.4, 0.5) is 10.2 Å². The van der Waals surface area contributed by atoms with Gasteiger partial charge < -0.3 is 5.32 Å². The van der Waals surface area contributed by atoms with Gasteiger partial charge in [-0.3, -0.25) is 4.79 Å². The van der Waals surface area contributed by atoms with Crippen molar-refractivity contribution in [3.05, 3.63) is 71.2 Å². The van der Waals surface area contributed by atoms with Crippen molar-refractivity contribution in [3.63, 3.8) is 0 Å². The maximum absolute atomic E-state index is 13.1. The highest BCUT2D eigenvalue weighted by molar-refractivity contribution is 7.89. The number of carbonyl (C=O) groups is 1.